The van der Waals surface area contributed by atoms with Crippen molar-refractivity contribution in [2.24, 2.45) is 17.8 Å². The van der Waals surface area contributed by atoms with Crippen molar-refractivity contribution in [3.05, 3.63) is 17.5 Å². The zero-order valence-corrected chi connectivity index (χ0v) is 16.8. The van der Waals surface area contributed by atoms with E-state index < -0.39 is 10.0 Å². The molecule has 0 N–H and O–H groups in total. The van der Waals surface area contributed by atoms with Gasteiger partial charge in [-0.25, -0.2) is 8.42 Å². The van der Waals surface area contributed by atoms with E-state index in [2.05, 4.69) is 4.90 Å². The predicted octanol–water partition coefficient (Wildman–Crippen LogP) is 3.19. The number of amides is 1. The minimum atomic E-state index is -3.38. The molecule has 0 unspecified atom stereocenters. The molecule has 5 nitrogen and oxygen atoms in total. The first-order valence-corrected chi connectivity index (χ1v) is 12.2. The SMILES string of the molecule is O=C(C1CCN(S(=O)(=O)c2cccs2)CC1)N1CC[C@H]2CCCC[C@H]2C1. The predicted molar refractivity (Wildman–Crippen MR) is 102 cm³/mol. The monoisotopic (exact) mass is 396 g/mol. The summed E-state index contributed by atoms with van der Waals surface area (Å²) in [5, 5.41) is 1.79. The minimum absolute atomic E-state index is 0.00933. The second-order valence-electron chi connectivity index (χ2n) is 7.99. The third-order valence-electron chi connectivity index (χ3n) is 6.50. The van der Waals surface area contributed by atoms with E-state index in [0.717, 1.165) is 25.4 Å². The van der Waals surface area contributed by atoms with Crippen molar-refractivity contribution in [3.63, 3.8) is 0 Å². The number of fused-ring (bicyclic) bond motifs is 1. The van der Waals surface area contributed by atoms with Crippen LogP contribution < -0.4 is 0 Å². The van der Waals surface area contributed by atoms with Gasteiger partial charge in [-0.2, -0.15) is 4.31 Å². The van der Waals surface area contributed by atoms with Crippen molar-refractivity contribution in [1.82, 2.24) is 9.21 Å². The van der Waals surface area contributed by atoms with Crippen LogP contribution in [0.25, 0.3) is 0 Å². The molecule has 1 aromatic rings. The van der Waals surface area contributed by atoms with Crippen molar-refractivity contribution < 1.29 is 13.2 Å². The Kier molecular flexibility index (Phi) is 5.39. The van der Waals surface area contributed by atoms with Gasteiger partial charge in [-0.05, 0) is 49.0 Å². The standard InChI is InChI=1S/C19H28N2O3S2/c22-19(20-10-7-15-4-1-2-5-17(15)14-20)16-8-11-21(12-9-16)26(23,24)18-6-3-13-25-18/h3,6,13,15-17H,1-2,4-5,7-12,14H2/t15-,17+/m1/s1. The number of likely N-dealkylation sites (tertiary alicyclic amines) is 1. The van der Waals surface area contributed by atoms with Crippen LogP contribution in [-0.4, -0.2) is 49.7 Å². The van der Waals surface area contributed by atoms with Crippen molar-refractivity contribution in [1.29, 1.82) is 0 Å². The lowest BCUT2D eigenvalue weighted by Crippen LogP contribution is -2.49. The molecule has 0 bridgehead atoms. The zero-order valence-electron chi connectivity index (χ0n) is 15.2. The van der Waals surface area contributed by atoms with Gasteiger partial charge in [0.2, 0.25) is 5.91 Å². The summed E-state index contributed by atoms with van der Waals surface area (Å²) < 4.78 is 27.2. The molecule has 2 saturated heterocycles. The fourth-order valence-corrected chi connectivity index (χ4v) is 7.55. The molecular weight excluding hydrogens is 368 g/mol. The Balaban J connectivity index is 1.34. The van der Waals surface area contributed by atoms with Gasteiger partial charge in [0.15, 0.2) is 0 Å². The lowest BCUT2D eigenvalue weighted by Gasteiger charge is -2.43. The van der Waals surface area contributed by atoms with Gasteiger partial charge in [-0.3, -0.25) is 4.79 Å². The molecule has 3 aliphatic rings. The normalized spacial score (nSPS) is 28.7. The topological polar surface area (TPSA) is 57.7 Å². The van der Waals surface area contributed by atoms with Crippen LogP contribution in [0.15, 0.2) is 21.7 Å². The lowest BCUT2D eigenvalue weighted by molar-refractivity contribution is -0.139. The van der Waals surface area contributed by atoms with Crippen LogP contribution in [0.3, 0.4) is 0 Å². The second kappa shape index (κ2) is 7.60. The van der Waals surface area contributed by atoms with E-state index in [1.54, 1.807) is 21.8 Å². The molecule has 3 heterocycles. The molecule has 26 heavy (non-hydrogen) atoms. The number of nitrogens with zero attached hydrogens (tertiary/aromatic N) is 2. The quantitative estimate of drug-likeness (QED) is 0.788. The van der Waals surface area contributed by atoms with E-state index >= 15 is 0 Å². The molecule has 2 aliphatic heterocycles. The molecule has 0 spiro atoms. The summed E-state index contributed by atoms with van der Waals surface area (Å²) in [5.74, 6) is 1.78. The van der Waals surface area contributed by atoms with Gasteiger partial charge in [-0.15, -0.1) is 11.3 Å². The molecule has 0 aromatic carbocycles. The number of carbonyl (C=O) groups excluding carboxylic acids is 1. The average molecular weight is 397 g/mol. The van der Waals surface area contributed by atoms with E-state index in [-0.39, 0.29) is 11.8 Å². The van der Waals surface area contributed by atoms with E-state index in [1.165, 1.54) is 37.0 Å². The fraction of sp³-hybridized carbons (Fsp3) is 0.737. The summed E-state index contributed by atoms with van der Waals surface area (Å²) in [6.45, 7) is 2.73. The summed E-state index contributed by atoms with van der Waals surface area (Å²) in [6.07, 6.45) is 7.72. The van der Waals surface area contributed by atoms with Crippen LogP contribution >= 0.6 is 11.3 Å². The molecule has 0 radical (unpaired) electrons. The Labute approximate surface area is 160 Å². The van der Waals surface area contributed by atoms with Crippen LogP contribution in [0.1, 0.15) is 44.9 Å². The maximum absolute atomic E-state index is 13.0. The molecular formula is C19H28N2O3S2. The molecule has 144 valence electrons. The Bertz CT molecular complexity index is 724. The second-order valence-corrected chi connectivity index (χ2v) is 11.1. The number of thiophene rings is 1. The molecule has 1 amide bonds. The maximum Gasteiger partial charge on any atom is 0.252 e. The summed E-state index contributed by atoms with van der Waals surface area (Å²) in [6, 6.07) is 3.42. The van der Waals surface area contributed by atoms with Crippen molar-refractivity contribution in [3.8, 4) is 0 Å². The van der Waals surface area contributed by atoms with Crippen molar-refractivity contribution in [2.45, 2.75) is 49.2 Å². The first kappa shape index (κ1) is 18.4. The number of hydrogen-bond donors (Lipinski definition) is 0. The zero-order chi connectivity index (χ0) is 18.1. The third-order valence-corrected chi connectivity index (χ3v) is 9.77. The molecule has 2 atom stereocenters. The average Bonchev–Trinajstić information content (AvgIpc) is 3.23. The number of piperidine rings is 2. The van der Waals surface area contributed by atoms with E-state index in [4.69, 9.17) is 0 Å². The number of rotatable bonds is 3. The van der Waals surface area contributed by atoms with Gasteiger partial charge in [0, 0.05) is 32.1 Å². The Morgan fingerprint density at radius 1 is 1.00 bits per heavy atom. The summed E-state index contributed by atoms with van der Waals surface area (Å²) >= 11 is 1.26. The fourth-order valence-electron chi connectivity index (χ4n) is 4.94. The van der Waals surface area contributed by atoms with Crippen LogP contribution in [0, 0.1) is 17.8 Å². The highest BCUT2D eigenvalue weighted by Crippen LogP contribution is 2.37. The van der Waals surface area contributed by atoms with Crippen LogP contribution in [0.2, 0.25) is 0 Å². The highest BCUT2D eigenvalue weighted by atomic mass is 32.2. The molecule has 1 aromatic heterocycles. The molecule has 4 rings (SSSR count). The Morgan fingerprint density at radius 3 is 2.42 bits per heavy atom. The Morgan fingerprint density at radius 2 is 1.73 bits per heavy atom. The highest BCUT2D eigenvalue weighted by molar-refractivity contribution is 7.91. The lowest BCUT2D eigenvalue weighted by atomic mass is 9.75. The first-order chi connectivity index (χ1) is 12.6. The van der Waals surface area contributed by atoms with Crippen LogP contribution in [-0.2, 0) is 14.8 Å². The Hall–Kier alpha value is -0.920. The smallest absolute Gasteiger partial charge is 0.252 e. The first-order valence-electron chi connectivity index (χ1n) is 9.88. The summed E-state index contributed by atoms with van der Waals surface area (Å²) in [7, 11) is -3.38. The van der Waals surface area contributed by atoms with Crippen LogP contribution in [0.5, 0.6) is 0 Å². The summed E-state index contributed by atoms with van der Waals surface area (Å²) in [5.41, 5.74) is 0. The van der Waals surface area contributed by atoms with Gasteiger partial charge in [0.25, 0.3) is 10.0 Å². The van der Waals surface area contributed by atoms with Crippen molar-refractivity contribution in [2.75, 3.05) is 26.2 Å². The van der Waals surface area contributed by atoms with E-state index in [1.807, 2.05) is 0 Å². The van der Waals surface area contributed by atoms with Crippen molar-refractivity contribution >= 4 is 27.3 Å². The van der Waals surface area contributed by atoms with E-state index in [9.17, 15) is 13.2 Å². The minimum Gasteiger partial charge on any atom is -0.342 e. The highest BCUT2D eigenvalue weighted by Gasteiger charge is 2.37. The third kappa shape index (κ3) is 3.58. The molecule has 3 fully saturated rings. The number of sulfonamides is 1. The van der Waals surface area contributed by atoms with Gasteiger partial charge >= 0.3 is 0 Å². The van der Waals surface area contributed by atoms with Gasteiger partial charge in [0.1, 0.15) is 4.21 Å². The van der Waals surface area contributed by atoms with Gasteiger partial charge in [-0.1, -0.05) is 25.3 Å². The molecule has 1 aliphatic carbocycles. The number of hydrogen-bond acceptors (Lipinski definition) is 4. The van der Waals surface area contributed by atoms with Gasteiger partial charge in [0.05, 0.1) is 0 Å². The molecule has 1 saturated carbocycles. The van der Waals surface area contributed by atoms with Gasteiger partial charge < -0.3 is 4.90 Å². The number of carbonyl (C=O) groups is 1. The largest absolute Gasteiger partial charge is 0.342 e. The van der Waals surface area contributed by atoms with Crippen LogP contribution in [0.4, 0.5) is 0 Å². The molecule has 7 heteroatoms. The maximum atomic E-state index is 13.0. The summed E-state index contributed by atoms with van der Waals surface area (Å²) in [4.78, 5) is 15.1. The van der Waals surface area contributed by atoms with E-state index in [0.29, 0.717) is 36.1 Å².